The molecule has 1 aromatic carbocycles. The highest BCUT2D eigenvalue weighted by molar-refractivity contribution is 7.80. The van der Waals surface area contributed by atoms with Crippen molar-refractivity contribution in [2.24, 2.45) is 17.8 Å². The molecule has 0 saturated heterocycles. The van der Waals surface area contributed by atoms with Crippen molar-refractivity contribution in [2.75, 3.05) is 6.54 Å². The number of halogens is 1. The molecule has 1 amide bonds. The van der Waals surface area contributed by atoms with Gasteiger partial charge < -0.3 is 5.32 Å². The number of rotatable bonds is 5. The molecular formula is C15H18FNOS. The minimum Gasteiger partial charge on any atom is -0.352 e. The van der Waals surface area contributed by atoms with Gasteiger partial charge in [-0.3, -0.25) is 4.79 Å². The summed E-state index contributed by atoms with van der Waals surface area (Å²) in [7, 11) is 0. The summed E-state index contributed by atoms with van der Waals surface area (Å²) in [5, 5.41) is 2.99. The Morgan fingerprint density at radius 1 is 1.32 bits per heavy atom. The highest BCUT2D eigenvalue weighted by atomic mass is 32.1. The van der Waals surface area contributed by atoms with Crippen molar-refractivity contribution >= 4 is 18.5 Å². The van der Waals surface area contributed by atoms with Crippen LogP contribution < -0.4 is 5.32 Å². The van der Waals surface area contributed by atoms with Crippen molar-refractivity contribution in [1.82, 2.24) is 5.32 Å². The summed E-state index contributed by atoms with van der Waals surface area (Å²) >= 11 is 4.00. The predicted molar refractivity (Wildman–Crippen MR) is 74.9 cm³/mol. The van der Waals surface area contributed by atoms with Gasteiger partial charge in [-0.1, -0.05) is 0 Å². The Morgan fingerprint density at radius 2 is 1.95 bits per heavy atom. The fraction of sp³-hybridized carbons (Fsp3) is 0.533. The second-order valence-corrected chi connectivity index (χ2v) is 6.20. The van der Waals surface area contributed by atoms with E-state index in [0.29, 0.717) is 11.5 Å². The van der Waals surface area contributed by atoms with Gasteiger partial charge in [-0.05, 0) is 61.6 Å². The van der Waals surface area contributed by atoms with Crippen LogP contribution in [-0.4, -0.2) is 12.5 Å². The third-order valence-electron chi connectivity index (χ3n) is 4.16. The van der Waals surface area contributed by atoms with Crippen LogP contribution in [0.4, 0.5) is 4.39 Å². The first-order valence-corrected chi connectivity index (χ1v) is 7.36. The average molecular weight is 279 g/mol. The zero-order valence-electron chi connectivity index (χ0n) is 10.7. The molecule has 0 aromatic heterocycles. The molecule has 3 rings (SSSR count). The minimum absolute atomic E-state index is 0.124. The Bertz CT molecular complexity index is 485. The maximum absolute atomic E-state index is 13.1. The molecule has 0 atom stereocenters. The van der Waals surface area contributed by atoms with Crippen molar-refractivity contribution in [1.29, 1.82) is 0 Å². The number of amides is 1. The summed E-state index contributed by atoms with van der Waals surface area (Å²) in [6.07, 6.45) is 5.26. The zero-order valence-corrected chi connectivity index (χ0v) is 11.6. The number of hydrogen-bond donors (Lipinski definition) is 2. The molecule has 2 aliphatic rings. The summed E-state index contributed by atoms with van der Waals surface area (Å²) in [4.78, 5) is 12.2. The molecule has 1 N–H and O–H groups in total. The number of carbonyl (C=O) groups excluding carboxylic acids is 1. The predicted octanol–water partition coefficient (Wildman–Crippen LogP) is 3.28. The number of carbonyl (C=O) groups is 1. The van der Waals surface area contributed by atoms with E-state index in [9.17, 15) is 9.18 Å². The van der Waals surface area contributed by atoms with Crippen LogP contribution in [0.2, 0.25) is 0 Å². The normalized spacial score (nSPS) is 18.7. The van der Waals surface area contributed by atoms with Crippen molar-refractivity contribution in [3.8, 4) is 0 Å². The first kappa shape index (κ1) is 13.0. The summed E-state index contributed by atoms with van der Waals surface area (Å²) in [6, 6.07) is 4.28. The van der Waals surface area contributed by atoms with E-state index in [1.165, 1.54) is 43.9 Å². The minimum atomic E-state index is -0.395. The highest BCUT2D eigenvalue weighted by Gasteiger charge is 2.41. The van der Waals surface area contributed by atoms with E-state index >= 15 is 0 Å². The Balaban J connectivity index is 1.59. The molecule has 0 unspecified atom stereocenters. The maximum Gasteiger partial charge on any atom is 0.251 e. The van der Waals surface area contributed by atoms with E-state index in [4.69, 9.17) is 0 Å². The summed E-state index contributed by atoms with van der Waals surface area (Å²) < 4.78 is 13.1. The molecule has 4 heteroatoms. The van der Waals surface area contributed by atoms with Crippen molar-refractivity contribution in [3.63, 3.8) is 0 Å². The standard InChI is InChI=1S/C15H18FNOS/c16-13-6-5-11(7-14(13)19)15(18)17-8-12(9-1-2-9)10-3-4-10/h5-7,9-10,12,19H,1-4,8H2,(H,17,18). The SMILES string of the molecule is O=C(NCC(C1CC1)C1CC1)c1ccc(F)c(S)c1. The zero-order chi connectivity index (χ0) is 13.4. The van der Waals surface area contributed by atoms with Gasteiger partial charge in [-0.15, -0.1) is 12.6 Å². The van der Waals surface area contributed by atoms with Crippen LogP contribution >= 0.6 is 12.6 Å². The molecule has 1 aromatic rings. The van der Waals surface area contributed by atoms with Crippen LogP contribution in [0.3, 0.4) is 0 Å². The molecule has 2 aliphatic carbocycles. The van der Waals surface area contributed by atoms with Crippen LogP contribution in [0, 0.1) is 23.6 Å². The first-order valence-electron chi connectivity index (χ1n) is 6.92. The molecule has 102 valence electrons. The molecule has 0 spiro atoms. The highest BCUT2D eigenvalue weighted by Crippen LogP contribution is 2.48. The van der Waals surface area contributed by atoms with E-state index in [-0.39, 0.29) is 10.8 Å². The third-order valence-corrected chi connectivity index (χ3v) is 4.50. The van der Waals surface area contributed by atoms with E-state index in [1.807, 2.05) is 0 Å². The second-order valence-electron chi connectivity index (χ2n) is 5.71. The van der Waals surface area contributed by atoms with Crippen LogP contribution in [0.5, 0.6) is 0 Å². The van der Waals surface area contributed by atoms with E-state index in [1.54, 1.807) is 0 Å². The molecule has 19 heavy (non-hydrogen) atoms. The van der Waals surface area contributed by atoms with Gasteiger partial charge in [-0.25, -0.2) is 4.39 Å². The fourth-order valence-corrected chi connectivity index (χ4v) is 2.95. The van der Waals surface area contributed by atoms with Gasteiger partial charge in [-0.2, -0.15) is 0 Å². The molecule has 0 aliphatic heterocycles. The molecular weight excluding hydrogens is 261 g/mol. The van der Waals surface area contributed by atoms with Crippen LogP contribution in [0.25, 0.3) is 0 Å². The van der Waals surface area contributed by atoms with Gasteiger partial charge in [0.05, 0.1) is 0 Å². The summed E-state index contributed by atoms with van der Waals surface area (Å²) in [5.74, 6) is 1.78. The smallest absolute Gasteiger partial charge is 0.251 e. The topological polar surface area (TPSA) is 29.1 Å². The van der Waals surface area contributed by atoms with E-state index in [0.717, 1.165) is 18.4 Å². The van der Waals surface area contributed by atoms with Gasteiger partial charge in [0, 0.05) is 17.0 Å². The Hall–Kier alpha value is -1.03. The van der Waals surface area contributed by atoms with Gasteiger partial charge in [0.15, 0.2) is 0 Å². The molecule has 0 radical (unpaired) electrons. The average Bonchev–Trinajstić information content (AvgIpc) is 3.26. The van der Waals surface area contributed by atoms with Crippen molar-refractivity contribution in [2.45, 2.75) is 30.6 Å². The second kappa shape index (κ2) is 5.16. The number of thiol groups is 1. The monoisotopic (exact) mass is 279 g/mol. The van der Waals surface area contributed by atoms with Gasteiger partial charge in [0.2, 0.25) is 0 Å². The quantitative estimate of drug-likeness (QED) is 0.796. The number of nitrogens with one attached hydrogen (secondary N) is 1. The van der Waals surface area contributed by atoms with Crippen molar-refractivity contribution < 1.29 is 9.18 Å². The Labute approximate surface area is 118 Å². The molecule has 2 saturated carbocycles. The Morgan fingerprint density at radius 3 is 2.47 bits per heavy atom. The van der Waals surface area contributed by atoms with E-state index < -0.39 is 5.82 Å². The summed E-state index contributed by atoms with van der Waals surface area (Å²) in [6.45, 7) is 0.757. The lowest BCUT2D eigenvalue weighted by Crippen LogP contribution is -2.31. The Kier molecular flexibility index (Phi) is 3.52. The van der Waals surface area contributed by atoms with Crippen molar-refractivity contribution in [3.05, 3.63) is 29.6 Å². The van der Waals surface area contributed by atoms with Gasteiger partial charge in [0.25, 0.3) is 5.91 Å². The lowest BCUT2D eigenvalue weighted by Gasteiger charge is -2.16. The lowest BCUT2D eigenvalue weighted by atomic mass is 9.98. The fourth-order valence-electron chi connectivity index (χ4n) is 2.73. The number of hydrogen-bond acceptors (Lipinski definition) is 2. The molecule has 0 heterocycles. The van der Waals surface area contributed by atoms with Crippen LogP contribution in [0.1, 0.15) is 36.0 Å². The maximum atomic E-state index is 13.1. The lowest BCUT2D eigenvalue weighted by molar-refractivity contribution is 0.0943. The molecule has 2 fully saturated rings. The first-order chi connectivity index (χ1) is 9.15. The molecule has 2 nitrogen and oxygen atoms in total. The largest absolute Gasteiger partial charge is 0.352 e. The van der Waals surface area contributed by atoms with Gasteiger partial charge >= 0.3 is 0 Å². The van der Waals surface area contributed by atoms with Gasteiger partial charge in [0.1, 0.15) is 5.82 Å². The van der Waals surface area contributed by atoms with Crippen LogP contribution in [0.15, 0.2) is 23.1 Å². The van der Waals surface area contributed by atoms with E-state index in [2.05, 4.69) is 17.9 Å². The summed E-state index contributed by atoms with van der Waals surface area (Å²) in [5.41, 5.74) is 0.483. The number of benzene rings is 1. The molecule has 0 bridgehead atoms. The third kappa shape index (κ3) is 3.11. The van der Waals surface area contributed by atoms with Crippen LogP contribution in [-0.2, 0) is 0 Å².